The van der Waals surface area contributed by atoms with Gasteiger partial charge in [0.05, 0.1) is 6.10 Å². The van der Waals surface area contributed by atoms with Gasteiger partial charge >= 0.3 is 0 Å². The molecule has 2 aromatic carbocycles. The molecule has 0 radical (unpaired) electrons. The number of carbonyl (C=O) groups is 1. The van der Waals surface area contributed by atoms with Gasteiger partial charge in [0, 0.05) is 35.8 Å². The molecule has 1 amide bonds. The SMILES string of the molecule is Cc1ccccc1NC(=O)CCNCC(O)c1ccccc1Cl. The van der Waals surface area contributed by atoms with Gasteiger partial charge in [-0.25, -0.2) is 0 Å². The van der Waals surface area contributed by atoms with Crippen molar-refractivity contribution in [2.45, 2.75) is 19.4 Å². The summed E-state index contributed by atoms with van der Waals surface area (Å²) >= 11 is 6.04. The summed E-state index contributed by atoms with van der Waals surface area (Å²) in [5.74, 6) is -0.0565. The van der Waals surface area contributed by atoms with Crippen LogP contribution in [0.15, 0.2) is 48.5 Å². The molecule has 2 rings (SSSR count). The third kappa shape index (κ3) is 5.36. The zero-order valence-corrected chi connectivity index (χ0v) is 13.8. The van der Waals surface area contributed by atoms with Crippen molar-refractivity contribution in [3.05, 3.63) is 64.7 Å². The average Bonchev–Trinajstić information content (AvgIpc) is 2.54. The minimum Gasteiger partial charge on any atom is -0.387 e. The molecule has 0 aliphatic rings. The zero-order valence-electron chi connectivity index (χ0n) is 13.1. The molecule has 23 heavy (non-hydrogen) atoms. The number of nitrogens with one attached hydrogen (secondary N) is 2. The van der Waals surface area contributed by atoms with Gasteiger partial charge in [0.15, 0.2) is 0 Å². The number of aliphatic hydroxyl groups excluding tert-OH is 1. The van der Waals surface area contributed by atoms with Crippen LogP contribution in [-0.2, 0) is 4.79 Å². The summed E-state index contributed by atoms with van der Waals surface area (Å²) in [6.07, 6.45) is -0.355. The Balaban J connectivity index is 1.72. The molecule has 5 heteroatoms. The van der Waals surface area contributed by atoms with Crippen LogP contribution in [0.4, 0.5) is 5.69 Å². The zero-order chi connectivity index (χ0) is 16.7. The van der Waals surface area contributed by atoms with Crippen LogP contribution in [0.25, 0.3) is 0 Å². The highest BCUT2D eigenvalue weighted by molar-refractivity contribution is 6.31. The van der Waals surface area contributed by atoms with Crippen LogP contribution in [0.2, 0.25) is 5.02 Å². The van der Waals surface area contributed by atoms with Crippen LogP contribution in [0.5, 0.6) is 0 Å². The molecular formula is C18H21ClN2O2. The van der Waals surface area contributed by atoms with Gasteiger partial charge < -0.3 is 15.7 Å². The predicted molar refractivity (Wildman–Crippen MR) is 93.7 cm³/mol. The Labute approximate surface area is 141 Å². The fourth-order valence-electron chi connectivity index (χ4n) is 2.22. The van der Waals surface area contributed by atoms with E-state index in [2.05, 4.69) is 10.6 Å². The van der Waals surface area contributed by atoms with Gasteiger partial charge in [0.25, 0.3) is 0 Å². The van der Waals surface area contributed by atoms with Crippen LogP contribution in [0, 0.1) is 6.92 Å². The first-order chi connectivity index (χ1) is 11.1. The predicted octanol–water partition coefficient (Wildman–Crippen LogP) is 3.30. The van der Waals surface area contributed by atoms with E-state index in [0.717, 1.165) is 11.3 Å². The van der Waals surface area contributed by atoms with Gasteiger partial charge in [0.1, 0.15) is 0 Å². The molecule has 0 fully saturated rings. The number of rotatable bonds is 7. The van der Waals surface area contributed by atoms with E-state index in [1.54, 1.807) is 12.1 Å². The van der Waals surface area contributed by atoms with Crippen molar-refractivity contribution in [2.24, 2.45) is 0 Å². The number of amides is 1. The lowest BCUT2D eigenvalue weighted by Gasteiger charge is -2.13. The fraction of sp³-hybridized carbons (Fsp3) is 0.278. The van der Waals surface area contributed by atoms with Crippen molar-refractivity contribution in [1.82, 2.24) is 5.32 Å². The Hall–Kier alpha value is -1.88. The molecular weight excluding hydrogens is 312 g/mol. The Kier molecular flexibility index (Phi) is 6.59. The highest BCUT2D eigenvalue weighted by Gasteiger charge is 2.10. The number of hydrogen-bond donors (Lipinski definition) is 3. The van der Waals surface area contributed by atoms with Gasteiger partial charge in [-0.15, -0.1) is 0 Å². The Morgan fingerprint density at radius 2 is 1.87 bits per heavy atom. The number of aryl methyl sites for hydroxylation is 1. The van der Waals surface area contributed by atoms with Crippen molar-refractivity contribution in [1.29, 1.82) is 0 Å². The normalized spacial score (nSPS) is 12.0. The fourth-order valence-corrected chi connectivity index (χ4v) is 2.48. The van der Waals surface area contributed by atoms with Crippen molar-refractivity contribution < 1.29 is 9.90 Å². The van der Waals surface area contributed by atoms with Crippen molar-refractivity contribution in [2.75, 3.05) is 18.4 Å². The second kappa shape index (κ2) is 8.67. The van der Waals surface area contributed by atoms with Crippen molar-refractivity contribution in [3.8, 4) is 0 Å². The molecule has 2 aromatic rings. The molecule has 0 aromatic heterocycles. The van der Waals surface area contributed by atoms with Gasteiger partial charge in [-0.2, -0.15) is 0 Å². The second-order valence-corrected chi connectivity index (χ2v) is 5.76. The lowest BCUT2D eigenvalue weighted by Crippen LogP contribution is -2.26. The van der Waals surface area contributed by atoms with Crippen molar-refractivity contribution >= 4 is 23.2 Å². The molecule has 0 spiro atoms. The summed E-state index contributed by atoms with van der Waals surface area (Å²) in [4.78, 5) is 11.9. The minimum absolute atomic E-state index is 0.0565. The summed E-state index contributed by atoms with van der Waals surface area (Å²) in [5, 5.41) is 16.6. The van der Waals surface area contributed by atoms with E-state index in [4.69, 9.17) is 11.6 Å². The first kappa shape index (κ1) is 17.5. The number of halogens is 1. The van der Waals surface area contributed by atoms with E-state index in [-0.39, 0.29) is 5.91 Å². The van der Waals surface area contributed by atoms with Crippen LogP contribution < -0.4 is 10.6 Å². The van der Waals surface area contributed by atoms with Gasteiger partial charge in [-0.05, 0) is 24.6 Å². The van der Waals surface area contributed by atoms with E-state index >= 15 is 0 Å². The molecule has 3 N–H and O–H groups in total. The third-order valence-electron chi connectivity index (χ3n) is 3.55. The molecule has 0 saturated carbocycles. The van der Waals surface area contributed by atoms with E-state index in [0.29, 0.717) is 30.1 Å². The summed E-state index contributed by atoms with van der Waals surface area (Å²) in [5.41, 5.74) is 2.54. The van der Waals surface area contributed by atoms with E-state index in [1.807, 2.05) is 43.3 Å². The highest BCUT2D eigenvalue weighted by Crippen LogP contribution is 2.21. The lowest BCUT2D eigenvalue weighted by molar-refractivity contribution is -0.116. The summed E-state index contributed by atoms with van der Waals surface area (Å²) in [6, 6.07) is 14.8. The average molecular weight is 333 g/mol. The first-order valence-corrected chi connectivity index (χ1v) is 7.94. The number of carbonyl (C=O) groups excluding carboxylic acids is 1. The topological polar surface area (TPSA) is 61.4 Å². The van der Waals surface area contributed by atoms with E-state index in [1.165, 1.54) is 0 Å². The van der Waals surface area contributed by atoms with E-state index < -0.39 is 6.10 Å². The van der Waals surface area contributed by atoms with Crippen LogP contribution >= 0.6 is 11.6 Å². The maximum absolute atomic E-state index is 11.9. The molecule has 0 bridgehead atoms. The van der Waals surface area contributed by atoms with Gasteiger partial charge in [0.2, 0.25) is 5.91 Å². The standard InChI is InChI=1S/C18H21ClN2O2/c1-13-6-2-5-9-16(13)21-18(23)10-11-20-12-17(22)14-7-3-4-8-15(14)19/h2-9,17,20,22H,10-12H2,1H3,(H,21,23). The highest BCUT2D eigenvalue weighted by atomic mass is 35.5. The molecule has 0 saturated heterocycles. The molecule has 4 nitrogen and oxygen atoms in total. The van der Waals surface area contributed by atoms with Crippen LogP contribution in [0.1, 0.15) is 23.7 Å². The molecule has 1 unspecified atom stereocenters. The van der Waals surface area contributed by atoms with E-state index in [9.17, 15) is 9.90 Å². The number of anilines is 1. The summed E-state index contributed by atoms with van der Waals surface area (Å²) < 4.78 is 0. The largest absolute Gasteiger partial charge is 0.387 e. The molecule has 0 aliphatic carbocycles. The summed E-state index contributed by atoms with van der Waals surface area (Å²) in [7, 11) is 0. The maximum atomic E-state index is 11.9. The summed E-state index contributed by atoms with van der Waals surface area (Å²) in [6.45, 7) is 2.79. The molecule has 1 atom stereocenters. The number of hydrogen-bond acceptors (Lipinski definition) is 3. The first-order valence-electron chi connectivity index (χ1n) is 7.56. The number of benzene rings is 2. The second-order valence-electron chi connectivity index (χ2n) is 5.35. The Bertz CT molecular complexity index is 661. The third-order valence-corrected chi connectivity index (χ3v) is 3.89. The monoisotopic (exact) mass is 332 g/mol. The molecule has 0 aliphatic heterocycles. The quantitative estimate of drug-likeness (QED) is 0.682. The maximum Gasteiger partial charge on any atom is 0.225 e. The Morgan fingerprint density at radius 3 is 2.61 bits per heavy atom. The van der Waals surface area contributed by atoms with Gasteiger partial charge in [-0.3, -0.25) is 4.79 Å². The lowest BCUT2D eigenvalue weighted by atomic mass is 10.1. The van der Waals surface area contributed by atoms with Gasteiger partial charge in [-0.1, -0.05) is 48.0 Å². The molecule has 0 heterocycles. The number of para-hydroxylation sites is 1. The van der Waals surface area contributed by atoms with Crippen LogP contribution in [0.3, 0.4) is 0 Å². The number of aliphatic hydroxyl groups is 1. The van der Waals surface area contributed by atoms with Crippen LogP contribution in [-0.4, -0.2) is 24.1 Å². The minimum atomic E-state index is -0.692. The Morgan fingerprint density at radius 1 is 1.17 bits per heavy atom. The molecule has 122 valence electrons. The van der Waals surface area contributed by atoms with Crippen molar-refractivity contribution in [3.63, 3.8) is 0 Å². The smallest absolute Gasteiger partial charge is 0.225 e.